The third-order valence-corrected chi connectivity index (χ3v) is 5.28. The summed E-state index contributed by atoms with van der Waals surface area (Å²) in [5.74, 6) is 0.0172. The molecule has 1 aliphatic heterocycles. The highest BCUT2D eigenvalue weighted by Crippen LogP contribution is 2.33. The number of nitrogens with zero attached hydrogens (tertiary/aromatic N) is 1. The molecule has 0 saturated heterocycles. The van der Waals surface area contributed by atoms with Crippen LogP contribution in [0.4, 0.5) is 5.00 Å². The van der Waals surface area contributed by atoms with E-state index in [0.29, 0.717) is 22.0 Å². The van der Waals surface area contributed by atoms with Gasteiger partial charge in [0.15, 0.2) is 0 Å². The maximum absolute atomic E-state index is 12.3. The van der Waals surface area contributed by atoms with Crippen LogP contribution in [-0.4, -0.2) is 25.1 Å². The minimum atomic E-state index is -0.493. The van der Waals surface area contributed by atoms with Gasteiger partial charge >= 0.3 is 5.97 Å². The molecule has 27 heavy (non-hydrogen) atoms. The Morgan fingerprint density at radius 3 is 3.00 bits per heavy atom. The lowest BCUT2D eigenvalue weighted by atomic mass is 10.1. The zero-order chi connectivity index (χ0) is 19.4. The van der Waals surface area contributed by atoms with Gasteiger partial charge in [-0.05, 0) is 48.7 Å². The summed E-state index contributed by atoms with van der Waals surface area (Å²) in [5, 5.41) is 12.4. The van der Waals surface area contributed by atoms with Crippen LogP contribution in [0.3, 0.4) is 0 Å². The Hall–Kier alpha value is -3.11. The Bertz CT molecular complexity index is 969. The molecule has 1 N–H and O–H groups in total. The highest BCUT2D eigenvalue weighted by Gasteiger charge is 2.21. The number of nitriles is 1. The van der Waals surface area contributed by atoms with E-state index in [1.807, 2.05) is 24.3 Å². The van der Waals surface area contributed by atoms with Gasteiger partial charge in [0.05, 0.1) is 18.8 Å². The summed E-state index contributed by atoms with van der Waals surface area (Å²) in [6, 6.07) is 7.79. The zero-order valence-corrected chi connectivity index (χ0v) is 15.8. The number of carbonyl (C=O) groups excluding carboxylic acids is 2. The fourth-order valence-electron chi connectivity index (χ4n) is 2.76. The van der Waals surface area contributed by atoms with E-state index in [-0.39, 0.29) is 18.1 Å². The maximum Gasteiger partial charge on any atom is 0.348 e. The largest absolute Gasteiger partial charge is 0.493 e. The molecule has 1 amide bonds. The molecule has 0 spiro atoms. The molecule has 3 rings (SSSR count). The number of amides is 1. The molecule has 7 heteroatoms. The Morgan fingerprint density at radius 1 is 1.44 bits per heavy atom. The summed E-state index contributed by atoms with van der Waals surface area (Å²) in [6.45, 7) is 4.30. The second-order valence-electron chi connectivity index (χ2n) is 5.88. The smallest absolute Gasteiger partial charge is 0.348 e. The summed E-state index contributed by atoms with van der Waals surface area (Å²) in [7, 11) is 0. The van der Waals surface area contributed by atoms with E-state index in [2.05, 4.69) is 5.32 Å². The van der Waals surface area contributed by atoms with Gasteiger partial charge in [-0.15, -0.1) is 11.3 Å². The first-order chi connectivity index (χ1) is 13.0. The molecule has 1 aromatic heterocycles. The van der Waals surface area contributed by atoms with E-state index in [0.717, 1.165) is 34.6 Å². The van der Waals surface area contributed by atoms with Crippen LogP contribution in [0.5, 0.6) is 5.75 Å². The maximum atomic E-state index is 12.3. The molecule has 2 heterocycles. The summed E-state index contributed by atoms with van der Waals surface area (Å²) < 4.78 is 10.5. The number of fused-ring (bicyclic) bond motifs is 1. The van der Waals surface area contributed by atoms with Crippen molar-refractivity contribution in [2.45, 2.75) is 20.3 Å². The minimum Gasteiger partial charge on any atom is -0.493 e. The number of esters is 1. The monoisotopic (exact) mass is 382 g/mol. The lowest BCUT2D eigenvalue weighted by Gasteiger charge is -2.01. The fraction of sp³-hybridized carbons (Fsp3) is 0.250. The molecule has 0 unspecified atom stereocenters. The van der Waals surface area contributed by atoms with Crippen molar-refractivity contribution >= 4 is 34.3 Å². The predicted octanol–water partition coefficient (Wildman–Crippen LogP) is 3.69. The highest BCUT2D eigenvalue weighted by atomic mass is 32.1. The summed E-state index contributed by atoms with van der Waals surface area (Å²) in [4.78, 5) is 24.6. The van der Waals surface area contributed by atoms with E-state index in [9.17, 15) is 14.9 Å². The quantitative estimate of drug-likeness (QED) is 0.629. The number of rotatable bonds is 5. The van der Waals surface area contributed by atoms with E-state index in [1.54, 1.807) is 19.9 Å². The molecule has 0 bridgehead atoms. The van der Waals surface area contributed by atoms with Crippen molar-refractivity contribution in [3.8, 4) is 11.8 Å². The summed E-state index contributed by atoms with van der Waals surface area (Å²) >= 11 is 1.05. The predicted molar refractivity (Wildman–Crippen MR) is 103 cm³/mol. The summed E-state index contributed by atoms with van der Waals surface area (Å²) in [5.41, 5.74) is 2.81. The van der Waals surface area contributed by atoms with Crippen molar-refractivity contribution < 1.29 is 19.1 Å². The SMILES string of the molecule is CCOC(=O)c1sc(NC(=O)/C=C/c2ccc3c(c2)CCO3)c(C#N)c1C. The van der Waals surface area contributed by atoms with Gasteiger partial charge in [0, 0.05) is 12.5 Å². The van der Waals surface area contributed by atoms with Crippen LogP contribution in [0.25, 0.3) is 6.08 Å². The average Bonchev–Trinajstić information content (AvgIpc) is 3.23. The summed E-state index contributed by atoms with van der Waals surface area (Å²) in [6.07, 6.45) is 3.96. The van der Waals surface area contributed by atoms with Crippen LogP contribution in [0.1, 0.15) is 38.8 Å². The van der Waals surface area contributed by atoms with Crippen LogP contribution in [0.2, 0.25) is 0 Å². The lowest BCUT2D eigenvalue weighted by Crippen LogP contribution is -2.07. The number of carbonyl (C=O) groups is 2. The molecule has 0 atom stereocenters. The molecule has 1 aliphatic rings. The zero-order valence-electron chi connectivity index (χ0n) is 15.0. The topological polar surface area (TPSA) is 88.4 Å². The van der Waals surface area contributed by atoms with Gasteiger partial charge in [-0.2, -0.15) is 5.26 Å². The molecule has 0 fully saturated rings. The molecular weight excluding hydrogens is 364 g/mol. The number of thiophene rings is 1. The van der Waals surface area contributed by atoms with Crippen molar-refractivity contribution in [1.82, 2.24) is 0 Å². The average molecular weight is 382 g/mol. The molecular formula is C20H18N2O4S. The van der Waals surface area contributed by atoms with E-state index < -0.39 is 5.97 Å². The van der Waals surface area contributed by atoms with Crippen molar-refractivity contribution in [2.75, 3.05) is 18.5 Å². The van der Waals surface area contributed by atoms with Crippen molar-refractivity contribution in [3.05, 3.63) is 51.4 Å². The molecule has 0 saturated carbocycles. The van der Waals surface area contributed by atoms with Gasteiger partial charge in [0.25, 0.3) is 0 Å². The van der Waals surface area contributed by atoms with Gasteiger partial charge in [0.1, 0.15) is 21.7 Å². The molecule has 6 nitrogen and oxygen atoms in total. The number of nitrogens with one attached hydrogen (secondary N) is 1. The Morgan fingerprint density at radius 2 is 2.26 bits per heavy atom. The van der Waals surface area contributed by atoms with Crippen molar-refractivity contribution in [1.29, 1.82) is 5.26 Å². The molecule has 1 aromatic carbocycles. The van der Waals surface area contributed by atoms with Crippen LogP contribution in [0, 0.1) is 18.3 Å². The van der Waals surface area contributed by atoms with Gasteiger partial charge in [-0.25, -0.2) is 4.79 Å². The van der Waals surface area contributed by atoms with Crippen LogP contribution < -0.4 is 10.1 Å². The number of anilines is 1. The van der Waals surface area contributed by atoms with Crippen molar-refractivity contribution in [3.63, 3.8) is 0 Å². The first kappa shape index (κ1) is 18.7. The fourth-order valence-corrected chi connectivity index (χ4v) is 3.82. The van der Waals surface area contributed by atoms with Gasteiger partial charge in [0.2, 0.25) is 5.91 Å². The van der Waals surface area contributed by atoms with Crippen LogP contribution in [-0.2, 0) is 16.0 Å². The van der Waals surface area contributed by atoms with Crippen LogP contribution >= 0.6 is 11.3 Å². The molecule has 2 aromatic rings. The van der Waals surface area contributed by atoms with E-state index >= 15 is 0 Å². The second-order valence-corrected chi connectivity index (χ2v) is 6.90. The van der Waals surface area contributed by atoms with E-state index in [4.69, 9.17) is 9.47 Å². The number of hydrogen-bond donors (Lipinski definition) is 1. The van der Waals surface area contributed by atoms with Gasteiger partial charge in [-0.1, -0.05) is 6.07 Å². The number of ether oxygens (including phenoxy) is 2. The number of benzene rings is 1. The Labute approximate surface area is 161 Å². The molecule has 138 valence electrons. The Balaban J connectivity index is 1.75. The lowest BCUT2D eigenvalue weighted by molar-refractivity contribution is -0.111. The first-order valence-corrected chi connectivity index (χ1v) is 9.30. The third kappa shape index (κ3) is 4.01. The third-order valence-electron chi connectivity index (χ3n) is 4.10. The van der Waals surface area contributed by atoms with Gasteiger partial charge in [-0.3, -0.25) is 4.79 Å². The first-order valence-electron chi connectivity index (χ1n) is 8.49. The van der Waals surface area contributed by atoms with E-state index in [1.165, 1.54) is 6.08 Å². The highest BCUT2D eigenvalue weighted by molar-refractivity contribution is 7.18. The second kappa shape index (κ2) is 8.06. The van der Waals surface area contributed by atoms with Crippen molar-refractivity contribution in [2.24, 2.45) is 0 Å². The standard InChI is InChI=1S/C20H18N2O4S/c1-3-25-20(24)18-12(2)15(11-21)19(27-18)22-17(23)7-5-13-4-6-16-14(10-13)8-9-26-16/h4-7,10H,3,8-9H2,1-2H3,(H,22,23)/b7-5+. The Kier molecular flexibility index (Phi) is 5.57. The molecule has 0 aliphatic carbocycles. The number of hydrogen-bond acceptors (Lipinski definition) is 6. The van der Waals surface area contributed by atoms with Gasteiger partial charge < -0.3 is 14.8 Å². The molecule has 0 radical (unpaired) electrons. The normalized spacial score (nSPS) is 12.3. The van der Waals surface area contributed by atoms with Crippen LogP contribution in [0.15, 0.2) is 24.3 Å². The minimum absolute atomic E-state index is 0.244.